The van der Waals surface area contributed by atoms with E-state index in [0.29, 0.717) is 22.1 Å². The van der Waals surface area contributed by atoms with Gasteiger partial charge in [0.2, 0.25) is 0 Å². The number of amides is 1. The standard InChI is InChI=1S/C14H12ClFN2O2/c1-20-13-5-3-9(7-11(13)15)18-14(19)10-6-8(17)2-4-12(10)16/h2-7H,17H2,1H3,(H,18,19). The van der Waals surface area contributed by atoms with E-state index in [-0.39, 0.29) is 5.56 Å². The Balaban J connectivity index is 2.23. The van der Waals surface area contributed by atoms with Crippen LogP contribution in [0.25, 0.3) is 0 Å². The number of benzene rings is 2. The number of hydrogen-bond acceptors (Lipinski definition) is 3. The molecule has 2 rings (SSSR count). The minimum atomic E-state index is -0.642. The van der Waals surface area contributed by atoms with E-state index in [1.54, 1.807) is 12.1 Å². The van der Waals surface area contributed by atoms with Gasteiger partial charge in [-0.2, -0.15) is 0 Å². The molecule has 0 saturated heterocycles. The second-order valence-electron chi connectivity index (χ2n) is 4.04. The van der Waals surface area contributed by atoms with Crippen molar-refractivity contribution in [2.45, 2.75) is 0 Å². The highest BCUT2D eigenvalue weighted by Crippen LogP contribution is 2.27. The summed E-state index contributed by atoms with van der Waals surface area (Å²) in [5, 5.41) is 2.89. The second kappa shape index (κ2) is 5.79. The first-order chi connectivity index (χ1) is 9.51. The molecule has 20 heavy (non-hydrogen) atoms. The summed E-state index contributed by atoms with van der Waals surface area (Å²) >= 11 is 5.95. The molecule has 104 valence electrons. The van der Waals surface area contributed by atoms with Gasteiger partial charge in [-0.1, -0.05) is 11.6 Å². The Labute approximate surface area is 120 Å². The number of carbonyl (C=O) groups is 1. The molecular formula is C14H12ClFN2O2. The molecule has 4 nitrogen and oxygen atoms in total. The van der Waals surface area contributed by atoms with Crippen molar-refractivity contribution in [1.29, 1.82) is 0 Å². The summed E-state index contributed by atoms with van der Waals surface area (Å²) < 4.78 is 18.6. The van der Waals surface area contributed by atoms with E-state index in [4.69, 9.17) is 22.1 Å². The molecular weight excluding hydrogens is 283 g/mol. The highest BCUT2D eigenvalue weighted by molar-refractivity contribution is 6.32. The third-order valence-electron chi connectivity index (χ3n) is 2.64. The van der Waals surface area contributed by atoms with E-state index in [2.05, 4.69) is 5.32 Å². The van der Waals surface area contributed by atoms with Crippen LogP contribution in [0.1, 0.15) is 10.4 Å². The molecule has 0 atom stereocenters. The van der Waals surface area contributed by atoms with E-state index in [9.17, 15) is 9.18 Å². The number of anilines is 2. The summed E-state index contributed by atoms with van der Waals surface area (Å²) in [5.74, 6) is -0.757. The molecule has 0 aromatic heterocycles. The van der Waals surface area contributed by atoms with Gasteiger partial charge in [0, 0.05) is 11.4 Å². The molecule has 6 heteroatoms. The van der Waals surface area contributed by atoms with Gasteiger partial charge in [0.15, 0.2) is 0 Å². The van der Waals surface area contributed by atoms with E-state index in [1.807, 2.05) is 0 Å². The van der Waals surface area contributed by atoms with E-state index >= 15 is 0 Å². The number of nitrogens with two attached hydrogens (primary N) is 1. The average Bonchev–Trinajstić information content (AvgIpc) is 2.41. The number of nitrogen functional groups attached to an aromatic ring is 1. The van der Waals surface area contributed by atoms with Crippen LogP contribution in [-0.4, -0.2) is 13.0 Å². The van der Waals surface area contributed by atoms with Gasteiger partial charge in [-0.25, -0.2) is 4.39 Å². The lowest BCUT2D eigenvalue weighted by Crippen LogP contribution is -2.14. The highest BCUT2D eigenvalue weighted by Gasteiger charge is 2.13. The monoisotopic (exact) mass is 294 g/mol. The molecule has 0 fully saturated rings. The Kier molecular flexibility index (Phi) is 4.10. The lowest BCUT2D eigenvalue weighted by atomic mass is 10.1. The fourth-order valence-electron chi connectivity index (χ4n) is 1.66. The first-order valence-corrected chi connectivity index (χ1v) is 6.09. The van der Waals surface area contributed by atoms with Gasteiger partial charge in [0.25, 0.3) is 5.91 Å². The third-order valence-corrected chi connectivity index (χ3v) is 2.94. The van der Waals surface area contributed by atoms with Crippen LogP contribution in [0.3, 0.4) is 0 Å². The van der Waals surface area contributed by atoms with E-state index in [1.165, 1.54) is 25.3 Å². The Morgan fingerprint density at radius 3 is 2.70 bits per heavy atom. The first-order valence-electron chi connectivity index (χ1n) is 5.71. The summed E-state index contributed by atoms with van der Waals surface area (Å²) in [6.45, 7) is 0. The second-order valence-corrected chi connectivity index (χ2v) is 4.45. The van der Waals surface area contributed by atoms with Crippen LogP contribution in [0, 0.1) is 5.82 Å². The Morgan fingerprint density at radius 1 is 1.30 bits per heavy atom. The Bertz CT molecular complexity index is 662. The molecule has 0 spiro atoms. The van der Waals surface area contributed by atoms with Gasteiger partial charge in [0.1, 0.15) is 11.6 Å². The zero-order valence-corrected chi connectivity index (χ0v) is 11.4. The number of halogens is 2. The maximum absolute atomic E-state index is 13.6. The number of hydrogen-bond donors (Lipinski definition) is 2. The molecule has 0 bridgehead atoms. The van der Waals surface area contributed by atoms with Crippen LogP contribution in [-0.2, 0) is 0 Å². The van der Waals surface area contributed by atoms with Crippen LogP contribution in [0.2, 0.25) is 5.02 Å². The largest absolute Gasteiger partial charge is 0.495 e. The van der Waals surface area contributed by atoms with Gasteiger partial charge in [-0.3, -0.25) is 4.79 Å². The lowest BCUT2D eigenvalue weighted by molar-refractivity contribution is 0.102. The predicted octanol–water partition coefficient (Wildman–Crippen LogP) is 3.32. The predicted molar refractivity (Wildman–Crippen MR) is 76.8 cm³/mol. The topological polar surface area (TPSA) is 64.3 Å². The van der Waals surface area contributed by atoms with Crippen molar-refractivity contribution in [3.8, 4) is 5.75 Å². The quantitative estimate of drug-likeness (QED) is 0.854. The smallest absolute Gasteiger partial charge is 0.258 e. The maximum atomic E-state index is 13.6. The summed E-state index contributed by atoms with van der Waals surface area (Å²) in [6.07, 6.45) is 0. The van der Waals surface area contributed by atoms with Crippen molar-refractivity contribution < 1.29 is 13.9 Å². The number of nitrogens with one attached hydrogen (secondary N) is 1. The van der Waals surface area contributed by atoms with E-state index < -0.39 is 11.7 Å². The summed E-state index contributed by atoms with van der Waals surface area (Å²) in [5.41, 5.74) is 6.15. The molecule has 2 aromatic carbocycles. The maximum Gasteiger partial charge on any atom is 0.258 e. The molecule has 2 aromatic rings. The Morgan fingerprint density at radius 2 is 2.05 bits per heavy atom. The molecule has 0 radical (unpaired) electrons. The van der Waals surface area contributed by atoms with Crippen molar-refractivity contribution in [2.24, 2.45) is 0 Å². The third kappa shape index (κ3) is 3.00. The van der Waals surface area contributed by atoms with Crippen molar-refractivity contribution in [2.75, 3.05) is 18.2 Å². The van der Waals surface area contributed by atoms with Gasteiger partial charge < -0.3 is 15.8 Å². The Hall–Kier alpha value is -2.27. The van der Waals surface area contributed by atoms with Crippen LogP contribution in [0.5, 0.6) is 5.75 Å². The zero-order chi connectivity index (χ0) is 14.7. The van der Waals surface area contributed by atoms with Crippen LogP contribution in [0.15, 0.2) is 36.4 Å². The number of carbonyl (C=O) groups excluding carboxylic acids is 1. The molecule has 0 saturated carbocycles. The van der Waals surface area contributed by atoms with Crippen molar-refractivity contribution in [1.82, 2.24) is 0 Å². The van der Waals surface area contributed by atoms with Crippen LogP contribution < -0.4 is 15.8 Å². The minimum Gasteiger partial charge on any atom is -0.495 e. The summed E-state index contributed by atoms with van der Waals surface area (Å²) in [6, 6.07) is 8.53. The number of ether oxygens (including phenoxy) is 1. The first kappa shape index (κ1) is 14.1. The summed E-state index contributed by atoms with van der Waals surface area (Å²) in [7, 11) is 1.49. The lowest BCUT2D eigenvalue weighted by Gasteiger charge is -2.09. The fraction of sp³-hybridized carbons (Fsp3) is 0.0714. The average molecular weight is 295 g/mol. The molecule has 0 unspecified atom stereocenters. The minimum absolute atomic E-state index is 0.128. The van der Waals surface area contributed by atoms with Gasteiger partial charge in [-0.15, -0.1) is 0 Å². The SMILES string of the molecule is COc1ccc(NC(=O)c2cc(N)ccc2F)cc1Cl. The normalized spacial score (nSPS) is 10.2. The van der Waals surface area contributed by atoms with Crippen molar-refractivity contribution in [3.05, 3.63) is 52.8 Å². The molecule has 0 heterocycles. The molecule has 3 N–H and O–H groups in total. The van der Waals surface area contributed by atoms with Gasteiger partial charge in [-0.05, 0) is 36.4 Å². The van der Waals surface area contributed by atoms with Crippen molar-refractivity contribution >= 4 is 28.9 Å². The van der Waals surface area contributed by atoms with Crippen LogP contribution in [0.4, 0.5) is 15.8 Å². The fourth-order valence-corrected chi connectivity index (χ4v) is 1.92. The molecule has 0 aliphatic carbocycles. The van der Waals surface area contributed by atoms with Crippen LogP contribution >= 0.6 is 11.6 Å². The summed E-state index contributed by atoms with van der Waals surface area (Å²) in [4.78, 5) is 12.0. The van der Waals surface area contributed by atoms with Gasteiger partial charge in [0.05, 0.1) is 17.7 Å². The number of rotatable bonds is 3. The highest BCUT2D eigenvalue weighted by atomic mass is 35.5. The molecule has 0 aliphatic heterocycles. The van der Waals surface area contributed by atoms with Gasteiger partial charge >= 0.3 is 0 Å². The number of methoxy groups -OCH3 is 1. The van der Waals surface area contributed by atoms with E-state index in [0.717, 1.165) is 6.07 Å². The zero-order valence-electron chi connectivity index (χ0n) is 10.6. The van der Waals surface area contributed by atoms with Crippen molar-refractivity contribution in [3.63, 3.8) is 0 Å². The molecule has 1 amide bonds. The molecule has 0 aliphatic rings.